The molecule has 2 N–H and O–H groups in total. The van der Waals surface area contributed by atoms with Gasteiger partial charge in [-0.05, 0) is 19.0 Å². The fourth-order valence-corrected chi connectivity index (χ4v) is 4.64. The predicted molar refractivity (Wildman–Crippen MR) is 117 cm³/mol. The molecule has 2 aliphatic rings. The van der Waals surface area contributed by atoms with E-state index >= 15 is 0 Å². The molecular weight excluding hydrogens is 380 g/mol. The van der Waals surface area contributed by atoms with E-state index < -0.39 is 0 Å². The Morgan fingerprint density at radius 3 is 2.67 bits per heavy atom. The summed E-state index contributed by atoms with van der Waals surface area (Å²) in [6.45, 7) is 7.50. The number of aromatic nitrogens is 1. The van der Waals surface area contributed by atoms with Gasteiger partial charge in [-0.15, -0.1) is 0 Å². The molecule has 0 saturated carbocycles. The normalized spacial score (nSPS) is 16.2. The highest BCUT2D eigenvalue weighted by Crippen LogP contribution is 2.45. The number of benzene rings is 2. The largest absolute Gasteiger partial charge is 0.395 e. The molecule has 5 rings (SSSR count). The van der Waals surface area contributed by atoms with Crippen molar-refractivity contribution in [2.75, 3.05) is 56.1 Å². The number of nitrogens with zero attached hydrogens (tertiary/aromatic N) is 3. The van der Waals surface area contributed by atoms with Gasteiger partial charge in [0.15, 0.2) is 11.5 Å². The van der Waals surface area contributed by atoms with Crippen LogP contribution in [-0.2, 0) is 0 Å². The first-order valence-corrected chi connectivity index (χ1v) is 10.7. The zero-order chi connectivity index (χ0) is 20.7. The second kappa shape index (κ2) is 7.74. The van der Waals surface area contributed by atoms with Crippen LogP contribution in [0.3, 0.4) is 0 Å². The number of hydrogen-bond donors (Lipinski definition) is 2. The second-order valence-electron chi connectivity index (χ2n) is 7.91. The van der Waals surface area contributed by atoms with Crippen LogP contribution in [0.5, 0.6) is 0 Å². The lowest BCUT2D eigenvalue weighted by molar-refractivity contribution is 0.104. The van der Waals surface area contributed by atoms with Crippen molar-refractivity contribution in [3.05, 3.63) is 41.5 Å². The molecular formula is C23H26N4O3. The maximum Gasteiger partial charge on any atom is 0.196 e. The number of anilines is 2. The summed E-state index contributed by atoms with van der Waals surface area (Å²) in [7, 11) is 0. The number of piperazine rings is 1. The van der Waals surface area contributed by atoms with E-state index in [0.29, 0.717) is 23.4 Å². The van der Waals surface area contributed by atoms with Crippen LogP contribution in [0.4, 0.5) is 11.4 Å². The minimum absolute atomic E-state index is 0.0101. The van der Waals surface area contributed by atoms with Crippen molar-refractivity contribution in [3.63, 3.8) is 0 Å². The van der Waals surface area contributed by atoms with Crippen molar-refractivity contribution in [2.24, 2.45) is 0 Å². The van der Waals surface area contributed by atoms with E-state index in [0.717, 1.165) is 67.0 Å². The van der Waals surface area contributed by atoms with Gasteiger partial charge >= 0.3 is 0 Å². The molecule has 2 heterocycles. The molecule has 30 heavy (non-hydrogen) atoms. The van der Waals surface area contributed by atoms with Crippen LogP contribution in [0.25, 0.3) is 22.2 Å². The highest BCUT2D eigenvalue weighted by molar-refractivity contribution is 6.28. The van der Waals surface area contributed by atoms with E-state index in [2.05, 4.69) is 27.2 Å². The summed E-state index contributed by atoms with van der Waals surface area (Å²) in [6, 6.07) is 9.51. The van der Waals surface area contributed by atoms with Gasteiger partial charge in [0.2, 0.25) is 0 Å². The summed E-state index contributed by atoms with van der Waals surface area (Å²) < 4.78 is 5.81. The first-order valence-electron chi connectivity index (χ1n) is 10.7. The number of nitrogens with one attached hydrogen (secondary N) is 1. The van der Waals surface area contributed by atoms with Gasteiger partial charge in [0.1, 0.15) is 5.52 Å². The van der Waals surface area contributed by atoms with Crippen molar-refractivity contribution >= 4 is 28.1 Å². The predicted octanol–water partition coefficient (Wildman–Crippen LogP) is 2.98. The number of fused-ring (bicyclic) bond motifs is 2. The Labute approximate surface area is 175 Å². The van der Waals surface area contributed by atoms with Gasteiger partial charge in [0.25, 0.3) is 0 Å². The Bertz CT molecular complexity index is 1100. The molecule has 0 amide bonds. The van der Waals surface area contributed by atoms with Gasteiger partial charge in [0.05, 0.1) is 23.2 Å². The van der Waals surface area contributed by atoms with Crippen LogP contribution in [0, 0.1) is 0 Å². The summed E-state index contributed by atoms with van der Waals surface area (Å²) >= 11 is 0. The van der Waals surface area contributed by atoms with Crippen LogP contribution in [0.2, 0.25) is 0 Å². The molecule has 156 valence electrons. The zero-order valence-electron chi connectivity index (χ0n) is 17.1. The average Bonchev–Trinajstić information content (AvgIpc) is 3.22. The molecule has 1 aliphatic carbocycles. The van der Waals surface area contributed by atoms with E-state index in [1.54, 1.807) is 0 Å². The van der Waals surface area contributed by atoms with Crippen molar-refractivity contribution < 1.29 is 14.4 Å². The quantitative estimate of drug-likeness (QED) is 0.509. The summed E-state index contributed by atoms with van der Waals surface area (Å²) in [4.78, 5) is 18.2. The van der Waals surface area contributed by atoms with E-state index in [1.165, 1.54) is 0 Å². The van der Waals surface area contributed by atoms with E-state index in [-0.39, 0.29) is 12.4 Å². The molecule has 7 nitrogen and oxygen atoms in total. The Morgan fingerprint density at radius 2 is 1.93 bits per heavy atom. The van der Waals surface area contributed by atoms with E-state index in [4.69, 9.17) is 4.52 Å². The highest BCUT2D eigenvalue weighted by atomic mass is 16.5. The third kappa shape index (κ3) is 2.97. The summed E-state index contributed by atoms with van der Waals surface area (Å²) in [5, 5.41) is 17.8. The van der Waals surface area contributed by atoms with E-state index in [1.807, 2.05) is 30.3 Å². The molecule has 2 aromatic carbocycles. The first-order chi connectivity index (χ1) is 14.7. The topological polar surface area (TPSA) is 81.8 Å². The summed E-state index contributed by atoms with van der Waals surface area (Å²) in [6.07, 6.45) is 1.16. The third-order valence-electron chi connectivity index (χ3n) is 6.06. The fraction of sp³-hybridized carbons (Fsp3) is 0.391. The number of rotatable bonds is 6. The third-order valence-corrected chi connectivity index (χ3v) is 6.06. The SMILES string of the molecule is CCCN1CCN(c2cc(NCCO)c3c4c(onc24)-c2ccccc2C3=O)CC1. The number of ketones is 1. The molecule has 1 aliphatic heterocycles. The second-order valence-corrected chi connectivity index (χ2v) is 7.91. The lowest BCUT2D eigenvalue weighted by Crippen LogP contribution is -2.46. The van der Waals surface area contributed by atoms with Gasteiger partial charge in [-0.25, -0.2) is 0 Å². The van der Waals surface area contributed by atoms with Crippen molar-refractivity contribution in [1.82, 2.24) is 10.1 Å². The Hall–Kier alpha value is -2.90. The molecule has 0 unspecified atom stereocenters. The maximum atomic E-state index is 13.4. The average molecular weight is 406 g/mol. The molecule has 1 fully saturated rings. The number of hydrogen-bond acceptors (Lipinski definition) is 7. The van der Waals surface area contributed by atoms with Crippen molar-refractivity contribution in [1.29, 1.82) is 0 Å². The maximum absolute atomic E-state index is 13.4. The van der Waals surface area contributed by atoms with Crippen LogP contribution in [0.15, 0.2) is 34.9 Å². The number of aliphatic hydroxyl groups is 1. The van der Waals surface area contributed by atoms with Crippen LogP contribution in [-0.4, -0.2) is 66.8 Å². The van der Waals surface area contributed by atoms with Gasteiger partial charge in [-0.2, -0.15) is 0 Å². The minimum Gasteiger partial charge on any atom is -0.395 e. The van der Waals surface area contributed by atoms with Crippen molar-refractivity contribution in [3.8, 4) is 11.3 Å². The van der Waals surface area contributed by atoms with Gasteiger partial charge in [0, 0.05) is 49.5 Å². The van der Waals surface area contributed by atoms with Crippen LogP contribution < -0.4 is 10.2 Å². The lowest BCUT2D eigenvalue weighted by Gasteiger charge is -2.36. The van der Waals surface area contributed by atoms with Gasteiger partial charge in [-0.3, -0.25) is 9.69 Å². The first kappa shape index (κ1) is 19.1. The van der Waals surface area contributed by atoms with Crippen molar-refractivity contribution in [2.45, 2.75) is 13.3 Å². The smallest absolute Gasteiger partial charge is 0.196 e. The Balaban J connectivity index is 1.65. The molecule has 0 spiro atoms. The fourth-order valence-electron chi connectivity index (χ4n) is 4.64. The molecule has 3 aromatic rings. The molecule has 1 saturated heterocycles. The van der Waals surface area contributed by atoms with Gasteiger partial charge < -0.3 is 19.8 Å². The van der Waals surface area contributed by atoms with Crippen LogP contribution >= 0.6 is 0 Å². The molecule has 7 heteroatoms. The number of carbonyl (C=O) groups is 1. The number of carbonyl (C=O) groups excluding carboxylic acids is 1. The van der Waals surface area contributed by atoms with E-state index in [9.17, 15) is 9.90 Å². The van der Waals surface area contributed by atoms with Crippen LogP contribution in [0.1, 0.15) is 29.3 Å². The molecule has 1 aromatic heterocycles. The molecule has 0 bridgehead atoms. The summed E-state index contributed by atoms with van der Waals surface area (Å²) in [5.74, 6) is 0.611. The Kier molecular flexibility index (Phi) is 4.92. The monoisotopic (exact) mass is 406 g/mol. The summed E-state index contributed by atoms with van der Waals surface area (Å²) in [5.41, 5.74) is 4.44. The molecule has 0 radical (unpaired) electrons. The standard InChI is InChI=1S/C23H26N4O3/c1-2-8-26-9-11-27(12-10-26)18-14-17(24-7-13-28)19-20-21(18)25-30-23(20)16-6-4-3-5-15(16)22(19)29/h3-6,14,24,28H,2,7-13H2,1H3. The van der Waals surface area contributed by atoms with Gasteiger partial charge in [-0.1, -0.05) is 36.3 Å². The lowest BCUT2D eigenvalue weighted by atomic mass is 9.86. The number of aliphatic hydroxyl groups excluding tert-OH is 1. The zero-order valence-corrected chi connectivity index (χ0v) is 17.1. The minimum atomic E-state index is -0.0361. The highest BCUT2D eigenvalue weighted by Gasteiger charge is 2.34. The Morgan fingerprint density at radius 1 is 1.17 bits per heavy atom. The molecule has 0 atom stereocenters.